The minimum absolute atomic E-state index is 0.162. The van der Waals surface area contributed by atoms with E-state index >= 15 is 0 Å². The number of pyridine rings is 1. The van der Waals surface area contributed by atoms with Gasteiger partial charge in [0.1, 0.15) is 5.78 Å². The predicted molar refractivity (Wildman–Crippen MR) is 52.7 cm³/mol. The molecule has 3 heteroatoms. The van der Waals surface area contributed by atoms with E-state index in [9.17, 15) is 4.79 Å². The van der Waals surface area contributed by atoms with Crippen LogP contribution in [0.25, 0.3) is 0 Å². The van der Waals surface area contributed by atoms with Gasteiger partial charge >= 0.3 is 0 Å². The fraction of sp³-hybridized carbons (Fsp3) is 0.400. The van der Waals surface area contributed by atoms with Crippen molar-refractivity contribution in [2.75, 3.05) is 0 Å². The maximum atomic E-state index is 11.3. The van der Waals surface area contributed by atoms with E-state index in [4.69, 9.17) is 0 Å². The van der Waals surface area contributed by atoms with Crippen LogP contribution in [0.15, 0.2) is 29.4 Å². The van der Waals surface area contributed by atoms with Crippen LogP contribution in [0.3, 0.4) is 0 Å². The average molecular weight is 193 g/mol. The second kappa shape index (κ2) is 3.92. The van der Waals surface area contributed by atoms with Gasteiger partial charge in [-0.05, 0) is 25.0 Å². The standard InChI is InChI=1S/C10H11NOS/c12-8-4-3-5-9(8)13-10-6-1-2-7-11-10/h1-2,6-7,9H,3-5H2/t9-/m1/s1. The molecular weight excluding hydrogens is 182 g/mol. The number of aromatic nitrogens is 1. The molecule has 1 aliphatic rings. The summed E-state index contributed by atoms with van der Waals surface area (Å²) in [6.45, 7) is 0. The third-order valence-corrected chi connectivity index (χ3v) is 3.42. The van der Waals surface area contributed by atoms with E-state index in [0.29, 0.717) is 5.78 Å². The lowest BCUT2D eigenvalue weighted by atomic mass is 10.3. The van der Waals surface area contributed by atoms with Crippen molar-refractivity contribution in [3.8, 4) is 0 Å². The Kier molecular flexibility index (Phi) is 2.64. The zero-order chi connectivity index (χ0) is 9.10. The SMILES string of the molecule is O=C1CCC[C@H]1Sc1ccccn1. The molecule has 0 unspecified atom stereocenters. The molecular formula is C10H11NOS. The third-order valence-electron chi connectivity index (χ3n) is 2.15. The Bertz CT molecular complexity index is 299. The summed E-state index contributed by atoms with van der Waals surface area (Å²) in [7, 11) is 0. The molecule has 1 saturated carbocycles. The van der Waals surface area contributed by atoms with Crippen LogP contribution in [-0.4, -0.2) is 16.0 Å². The number of hydrogen-bond acceptors (Lipinski definition) is 3. The highest BCUT2D eigenvalue weighted by Gasteiger charge is 2.25. The highest BCUT2D eigenvalue weighted by atomic mass is 32.2. The summed E-state index contributed by atoms with van der Waals surface area (Å²) in [6, 6.07) is 5.80. The number of hydrogen-bond donors (Lipinski definition) is 0. The lowest BCUT2D eigenvalue weighted by Gasteiger charge is -2.05. The first-order valence-corrected chi connectivity index (χ1v) is 5.34. The van der Waals surface area contributed by atoms with Crippen LogP contribution in [0.2, 0.25) is 0 Å². The minimum Gasteiger partial charge on any atom is -0.298 e. The molecule has 0 N–H and O–H groups in total. The smallest absolute Gasteiger partial charge is 0.146 e. The van der Waals surface area contributed by atoms with Gasteiger partial charge in [0.15, 0.2) is 0 Å². The van der Waals surface area contributed by atoms with Gasteiger partial charge in [-0.2, -0.15) is 0 Å². The summed E-state index contributed by atoms with van der Waals surface area (Å²) in [5.41, 5.74) is 0. The number of thioether (sulfide) groups is 1. The molecule has 68 valence electrons. The summed E-state index contributed by atoms with van der Waals surface area (Å²) in [5.74, 6) is 0.385. The van der Waals surface area contributed by atoms with Crippen molar-refractivity contribution in [2.24, 2.45) is 0 Å². The molecule has 0 saturated heterocycles. The Balaban J connectivity index is 2.02. The molecule has 1 fully saturated rings. The first kappa shape index (κ1) is 8.75. The van der Waals surface area contributed by atoms with Gasteiger partial charge in [0.05, 0.1) is 10.3 Å². The van der Waals surface area contributed by atoms with Crippen LogP contribution in [-0.2, 0) is 4.79 Å². The molecule has 0 amide bonds. The summed E-state index contributed by atoms with van der Waals surface area (Å²) >= 11 is 1.60. The summed E-state index contributed by atoms with van der Waals surface area (Å²) < 4.78 is 0. The van der Waals surface area contributed by atoms with Gasteiger partial charge in [-0.1, -0.05) is 17.8 Å². The summed E-state index contributed by atoms with van der Waals surface area (Å²) in [5, 5.41) is 1.12. The molecule has 1 aromatic heterocycles. The van der Waals surface area contributed by atoms with Crippen molar-refractivity contribution in [1.29, 1.82) is 0 Å². The fourth-order valence-corrected chi connectivity index (χ4v) is 2.58. The molecule has 1 aliphatic carbocycles. The Hall–Kier alpha value is -0.830. The average Bonchev–Trinajstić information content (AvgIpc) is 2.54. The van der Waals surface area contributed by atoms with Crippen molar-refractivity contribution in [1.82, 2.24) is 4.98 Å². The molecule has 0 aliphatic heterocycles. The molecule has 1 aromatic rings. The van der Waals surface area contributed by atoms with Crippen LogP contribution in [0, 0.1) is 0 Å². The Morgan fingerprint density at radius 2 is 2.38 bits per heavy atom. The summed E-state index contributed by atoms with van der Waals surface area (Å²) in [6.07, 6.45) is 4.58. The number of ketones is 1. The van der Waals surface area contributed by atoms with Crippen molar-refractivity contribution in [3.05, 3.63) is 24.4 Å². The fourth-order valence-electron chi connectivity index (χ4n) is 1.47. The molecule has 2 nitrogen and oxygen atoms in total. The van der Waals surface area contributed by atoms with Crippen LogP contribution < -0.4 is 0 Å². The van der Waals surface area contributed by atoms with Crippen LogP contribution >= 0.6 is 11.8 Å². The normalized spacial score (nSPS) is 22.2. The molecule has 0 spiro atoms. The first-order valence-electron chi connectivity index (χ1n) is 4.46. The van der Waals surface area contributed by atoms with Crippen molar-refractivity contribution in [3.63, 3.8) is 0 Å². The highest BCUT2D eigenvalue weighted by molar-refractivity contribution is 8.00. The lowest BCUT2D eigenvalue weighted by molar-refractivity contribution is -0.116. The third kappa shape index (κ3) is 2.10. The number of nitrogens with zero attached hydrogens (tertiary/aromatic N) is 1. The minimum atomic E-state index is 0.162. The molecule has 0 bridgehead atoms. The lowest BCUT2D eigenvalue weighted by Crippen LogP contribution is -2.07. The maximum Gasteiger partial charge on any atom is 0.146 e. The highest BCUT2D eigenvalue weighted by Crippen LogP contribution is 2.30. The number of carbonyl (C=O) groups is 1. The second-order valence-corrected chi connectivity index (χ2v) is 4.36. The van der Waals surface area contributed by atoms with Crippen LogP contribution in [0.4, 0.5) is 0 Å². The van der Waals surface area contributed by atoms with Crippen molar-refractivity contribution >= 4 is 17.5 Å². The van der Waals surface area contributed by atoms with E-state index in [0.717, 1.165) is 24.3 Å². The predicted octanol–water partition coefficient (Wildman–Crippen LogP) is 2.30. The van der Waals surface area contributed by atoms with Crippen molar-refractivity contribution in [2.45, 2.75) is 29.5 Å². The Morgan fingerprint density at radius 3 is 3.00 bits per heavy atom. The molecule has 1 heterocycles. The van der Waals surface area contributed by atoms with Gasteiger partial charge in [0.25, 0.3) is 0 Å². The van der Waals surface area contributed by atoms with E-state index in [1.54, 1.807) is 18.0 Å². The van der Waals surface area contributed by atoms with E-state index in [-0.39, 0.29) is 5.25 Å². The molecule has 13 heavy (non-hydrogen) atoms. The monoisotopic (exact) mass is 193 g/mol. The maximum absolute atomic E-state index is 11.3. The number of rotatable bonds is 2. The van der Waals surface area contributed by atoms with Crippen molar-refractivity contribution < 1.29 is 4.79 Å². The number of carbonyl (C=O) groups excluding carboxylic acids is 1. The van der Waals surface area contributed by atoms with Gasteiger partial charge < -0.3 is 0 Å². The van der Waals surface area contributed by atoms with E-state index in [2.05, 4.69) is 4.98 Å². The largest absolute Gasteiger partial charge is 0.298 e. The summed E-state index contributed by atoms with van der Waals surface area (Å²) in [4.78, 5) is 15.5. The topological polar surface area (TPSA) is 30.0 Å². The van der Waals surface area contributed by atoms with Gasteiger partial charge in [-0.15, -0.1) is 0 Å². The van der Waals surface area contributed by atoms with Gasteiger partial charge in [-0.25, -0.2) is 4.98 Å². The second-order valence-electron chi connectivity index (χ2n) is 3.13. The van der Waals surface area contributed by atoms with Gasteiger partial charge in [0, 0.05) is 12.6 Å². The molecule has 2 rings (SSSR count). The Morgan fingerprint density at radius 1 is 1.46 bits per heavy atom. The van der Waals surface area contributed by atoms with Crippen LogP contribution in [0.5, 0.6) is 0 Å². The molecule has 0 radical (unpaired) electrons. The number of Topliss-reactive ketones (excluding diaryl/α,β-unsaturated/α-hetero) is 1. The quantitative estimate of drug-likeness (QED) is 0.722. The van der Waals surface area contributed by atoms with Crippen LogP contribution in [0.1, 0.15) is 19.3 Å². The van der Waals surface area contributed by atoms with E-state index < -0.39 is 0 Å². The zero-order valence-corrected chi connectivity index (χ0v) is 8.09. The van der Waals surface area contributed by atoms with E-state index in [1.165, 1.54) is 0 Å². The van der Waals surface area contributed by atoms with Gasteiger partial charge in [-0.3, -0.25) is 4.79 Å². The Labute approximate surface area is 81.8 Å². The molecule has 0 aromatic carbocycles. The van der Waals surface area contributed by atoms with E-state index in [1.807, 2.05) is 18.2 Å². The molecule has 1 atom stereocenters. The zero-order valence-electron chi connectivity index (χ0n) is 7.27. The first-order chi connectivity index (χ1) is 6.36. The van der Waals surface area contributed by atoms with Gasteiger partial charge in [0.2, 0.25) is 0 Å².